The number of hydrogen-bond acceptors (Lipinski definition) is 9. The van der Waals surface area contributed by atoms with E-state index in [0.29, 0.717) is 0 Å². The molecule has 1 aliphatic heterocycles. The first-order valence-electron chi connectivity index (χ1n) is 11.3. The molecule has 11 heteroatoms. The van der Waals surface area contributed by atoms with Crippen molar-refractivity contribution in [2.75, 3.05) is 13.4 Å². The zero-order chi connectivity index (χ0) is 24.3. The average Bonchev–Trinajstić information content (AvgIpc) is 3.00. The predicted molar refractivity (Wildman–Crippen MR) is 119 cm³/mol. The van der Waals surface area contributed by atoms with Gasteiger partial charge in [0.25, 0.3) is 8.53 Å². The van der Waals surface area contributed by atoms with Gasteiger partial charge in [-0.1, -0.05) is 0 Å². The monoisotopic (exact) mass is 459 g/mol. The molecular weight excluding hydrogens is 422 g/mol. The number of nitriles is 1. The van der Waals surface area contributed by atoms with Gasteiger partial charge in [0, 0.05) is 19.9 Å². The van der Waals surface area contributed by atoms with Crippen molar-refractivity contribution in [1.82, 2.24) is 4.67 Å². The summed E-state index contributed by atoms with van der Waals surface area (Å²) in [5.74, 6) is -0.605. The Morgan fingerprint density at radius 2 is 1.94 bits per heavy atom. The van der Waals surface area contributed by atoms with E-state index >= 15 is 0 Å². The molecule has 0 aromatic heterocycles. The molecule has 1 heterocycles. The van der Waals surface area contributed by atoms with Gasteiger partial charge in [0.1, 0.15) is 25.8 Å². The summed E-state index contributed by atoms with van der Waals surface area (Å²) in [6.45, 7) is 9.47. The van der Waals surface area contributed by atoms with Gasteiger partial charge in [-0.15, -0.1) is 0 Å². The third-order valence-electron chi connectivity index (χ3n) is 4.58. The summed E-state index contributed by atoms with van der Waals surface area (Å²) in [5, 5.41) is 8.89. The van der Waals surface area contributed by atoms with Crippen LogP contribution in [0.15, 0.2) is 0 Å². The Labute approximate surface area is 189 Å². The second kappa shape index (κ2) is 14.2. The van der Waals surface area contributed by atoms with Crippen LogP contribution in [0.5, 0.6) is 0 Å². The van der Waals surface area contributed by atoms with E-state index in [9.17, 15) is 9.59 Å². The number of esters is 1. The van der Waals surface area contributed by atoms with Crippen molar-refractivity contribution in [1.29, 1.82) is 5.26 Å². The van der Waals surface area contributed by atoms with E-state index in [1.165, 1.54) is 6.92 Å². The summed E-state index contributed by atoms with van der Waals surface area (Å²) in [6, 6.07) is 1.94. The van der Waals surface area contributed by atoms with Crippen LogP contribution in [0.25, 0.3) is 0 Å². The molecule has 1 aliphatic rings. The lowest BCUT2D eigenvalue weighted by molar-refractivity contribution is -0.165. The maximum absolute atomic E-state index is 11.8. The molecule has 0 N–H and O–H groups in total. The number of ketones is 1. The molecule has 1 fully saturated rings. The smallest absolute Gasteiger partial charge is 0.308 e. The van der Waals surface area contributed by atoms with Gasteiger partial charge in [0.05, 0.1) is 37.6 Å². The maximum Gasteiger partial charge on any atom is 0.308 e. The van der Waals surface area contributed by atoms with Crippen LogP contribution in [0, 0.1) is 11.3 Å². The molecule has 0 bridgehead atoms. The number of rotatable bonds is 14. The number of hydrogen-bond donors (Lipinski definition) is 0. The van der Waals surface area contributed by atoms with Gasteiger partial charge in [0.15, 0.2) is 6.79 Å². The average molecular weight is 459 g/mol. The Morgan fingerprint density at radius 3 is 2.48 bits per heavy atom. The Balaban J connectivity index is 2.88. The molecule has 176 valence electrons. The van der Waals surface area contributed by atoms with Crippen molar-refractivity contribution in [2.24, 2.45) is 0 Å². The standard InChI is InChI=1S/C20H36BN2O7P/c1-13(2)23(14(3)4)31(28-11-7-10-22)30-18-16(6)29-20(21)19(18)27-12-26-17(25)9-8-15(5)24/h13-14,16,18-20H,7-9,11-12,21H2,1-6H3/t16-,18?,19+,20-,31?/m1/s1/i6D. The van der Waals surface area contributed by atoms with E-state index < -0.39 is 32.8 Å². The van der Waals surface area contributed by atoms with E-state index in [1.54, 1.807) is 0 Å². The summed E-state index contributed by atoms with van der Waals surface area (Å²) in [6.07, 6.45) is -1.35. The van der Waals surface area contributed by atoms with Gasteiger partial charge in [-0.3, -0.25) is 4.79 Å². The molecular formula is C20H36BN2O7P. The lowest BCUT2D eigenvalue weighted by Crippen LogP contribution is -2.40. The summed E-state index contributed by atoms with van der Waals surface area (Å²) in [4.78, 5) is 22.8. The summed E-state index contributed by atoms with van der Waals surface area (Å²) >= 11 is 0. The molecule has 5 atom stereocenters. The minimum Gasteiger partial charge on any atom is -0.438 e. The van der Waals surface area contributed by atoms with Crippen molar-refractivity contribution in [3.8, 4) is 6.07 Å². The third-order valence-corrected chi connectivity index (χ3v) is 6.71. The lowest BCUT2D eigenvalue weighted by Gasteiger charge is -2.38. The van der Waals surface area contributed by atoms with Crippen LogP contribution in [0.1, 0.15) is 62.2 Å². The number of carbonyl (C=O) groups is 2. The Kier molecular flexibility index (Phi) is 11.9. The molecule has 1 rings (SSSR count). The molecule has 2 unspecified atom stereocenters. The maximum atomic E-state index is 11.8. The molecule has 9 nitrogen and oxygen atoms in total. The van der Waals surface area contributed by atoms with Gasteiger partial charge in [-0.25, -0.2) is 4.67 Å². The number of nitrogens with zero attached hydrogens (tertiary/aromatic N) is 2. The molecule has 31 heavy (non-hydrogen) atoms. The highest BCUT2D eigenvalue weighted by atomic mass is 31.2. The van der Waals surface area contributed by atoms with Gasteiger partial charge in [-0.2, -0.15) is 5.26 Å². The quantitative estimate of drug-likeness (QED) is 0.127. The first kappa shape index (κ1) is 26.2. The zero-order valence-electron chi connectivity index (χ0n) is 20.4. The van der Waals surface area contributed by atoms with Crippen LogP contribution in [-0.4, -0.2) is 74.1 Å². The summed E-state index contributed by atoms with van der Waals surface area (Å²) < 4.78 is 39.0. The topological polar surface area (TPSA) is 107 Å². The van der Waals surface area contributed by atoms with Crippen LogP contribution in [-0.2, 0) is 32.8 Å². The Bertz CT molecular complexity index is 630. The summed E-state index contributed by atoms with van der Waals surface area (Å²) in [7, 11) is 0.265. The van der Waals surface area contributed by atoms with E-state index in [0.717, 1.165) is 0 Å². The number of Topliss-reactive ketones (excluding diaryl/α,β-unsaturated/α-hetero) is 1. The largest absolute Gasteiger partial charge is 0.438 e. The SMILES string of the molecule is [2H]C[C@H]1O[C@@H](B)[C@@H](OCOC(=O)CCC(C)=O)C1OP(OCCC#N)N(C(C)C)C(C)C. The fourth-order valence-corrected chi connectivity index (χ4v) is 4.96. The first-order valence-corrected chi connectivity index (χ1v) is 11.7. The van der Waals surface area contributed by atoms with Crippen molar-refractivity contribution in [3.05, 3.63) is 0 Å². The van der Waals surface area contributed by atoms with E-state index in [2.05, 4.69) is 10.7 Å². The van der Waals surface area contributed by atoms with Crippen molar-refractivity contribution >= 4 is 28.1 Å². The van der Waals surface area contributed by atoms with Crippen molar-refractivity contribution in [3.63, 3.8) is 0 Å². The second-order valence-corrected chi connectivity index (χ2v) is 9.37. The highest BCUT2D eigenvalue weighted by Gasteiger charge is 2.45. The highest BCUT2D eigenvalue weighted by molar-refractivity contribution is 7.44. The second-order valence-electron chi connectivity index (χ2n) is 7.96. The lowest BCUT2D eigenvalue weighted by atomic mass is 9.93. The molecule has 1 saturated heterocycles. The number of carbonyl (C=O) groups excluding carboxylic acids is 2. The van der Waals surface area contributed by atoms with E-state index in [4.69, 9.17) is 29.9 Å². The number of ether oxygens (including phenoxy) is 3. The van der Waals surface area contributed by atoms with Crippen molar-refractivity contribution in [2.45, 2.75) is 97.2 Å². The van der Waals surface area contributed by atoms with Gasteiger partial charge in [0.2, 0.25) is 0 Å². The Hall–Kier alpha value is -1.08. The third kappa shape index (κ3) is 9.52. The Morgan fingerprint density at radius 1 is 1.26 bits per heavy atom. The van der Waals surface area contributed by atoms with E-state index in [-0.39, 0.29) is 63.4 Å². The van der Waals surface area contributed by atoms with Gasteiger partial charge in [-0.05, 0) is 41.5 Å². The summed E-state index contributed by atoms with van der Waals surface area (Å²) in [5.41, 5.74) is 0. The molecule has 0 aromatic carbocycles. The van der Waals surface area contributed by atoms with Crippen LogP contribution in [0.4, 0.5) is 0 Å². The molecule has 0 radical (unpaired) electrons. The fourth-order valence-electron chi connectivity index (χ4n) is 3.19. The minimum atomic E-state index is -1.55. The molecule has 0 saturated carbocycles. The fraction of sp³-hybridized carbons (Fsp3) is 0.850. The predicted octanol–water partition coefficient (Wildman–Crippen LogP) is 2.28. The van der Waals surface area contributed by atoms with Gasteiger partial charge < -0.3 is 28.1 Å². The molecule has 0 spiro atoms. The van der Waals surface area contributed by atoms with Crippen molar-refractivity contribution < 1.29 is 34.2 Å². The van der Waals surface area contributed by atoms with Crippen LogP contribution in [0.2, 0.25) is 0 Å². The van der Waals surface area contributed by atoms with E-state index in [1.807, 2.05) is 35.5 Å². The zero-order valence-corrected chi connectivity index (χ0v) is 20.3. The molecule has 0 amide bonds. The van der Waals surface area contributed by atoms with Crippen LogP contribution in [0.3, 0.4) is 0 Å². The first-order chi connectivity index (χ1) is 15.1. The van der Waals surface area contributed by atoms with Gasteiger partial charge >= 0.3 is 5.97 Å². The highest BCUT2D eigenvalue weighted by Crippen LogP contribution is 2.49. The minimum absolute atomic E-state index is 0.000453. The van der Waals surface area contributed by atoms with Crippen LogP contribution >= 0.6 is 8.53 Å². The molecule has 0 aliphatic carbocycles. The van der Waals surface area contributed by atoms with Crippen LogP contribution < -0.4 is 0 Å². The molecule has 0 aromatic rings. The normalized spacial score (nSPS) is 24.9.